The van der Waals surface area contributed by atoms with Crippen molar-refractivity contribution in [3.63, 3.8) is 0 Å². The molecule has 0 radical (unpaired) electrons. The zero-order valence-corrected chi connectivity index (χ0v) is 13.1. The lowest BCUT2D eigenvalue weighted by atomic mass is 10.4. The summed E-state index contributed by atoms with van der Waals surface area (Å²) in [5.74, 6) is 0. The maximum absolute atomic E-state index is 12.4. The topological polar surface area (TPSA) is 52.7 Å². The second kappa shape index (κ2) is 7.38. The fourth-order valence-corrected chi connectivity index (χ4v) is 3.43. The molecule has 0 saturated heterocycles. The molecule has 1 N–H and O–H groups in total. The summed E-state index contributed by atoms with van der Waals surface area (Å²) in [6.07, 6.45) is 4.98. The third-order valence-electron chi connectivity index (χ3n) is 3.24. The molecule has 1 fully saturated rings. The van der Waals surface area contributed by atoms with E-state index in [0.717, 1.165) is 13.0 Å². The lowest BCUT2D eigenvalue weighted by molar-refractivity contribution is 0.336. The summed E-state index contributed by atoms with van der Waals surface area (Å²) in [6, 6.07) is 0.616. The van der Waals surface area contributed by atoms with Crippen LogP contribution < -0.4 is 5.32 Å². The Morgan fingerprint density at radius 3 is 2.53 bits per heavy atom. The number of hydrogen-bond donors (Lipinski definition) is 1. The van der Waals surface area contributed by atoms with Crippen molar-refractivity contribution >= 4 is 10.2 Å². The summed E-state index contributed by atoms with van der Waals surface area (Å²) in [5.41, 5.74) is 0. The average Bonchev–Trinajstić information content (AvgIpc) is 3.14. The molecular formula is C13H27N3O2S. The molecule has 1 aliphatic rings. The van der Waals surface area contributed by atoms with E-state index in [-0.39, 0.29) is 6.04 Å². The van der Waals surface area contributed by atoms with E-state index in [2.05, 4.69) is 11.9 Å². The Bertz CT molecular complexity index is 377. The van der Waals surface area contributed by atoms with Crippen molar-refractivity contribution in [3.8, 4) is 0 Å². The van der Waals surface area contributed by atoms with Gasteiger partial charge in [-0.1, -0.05) is 6.08 Å². The van der Waals surface area contributed by atoms with Crippen LogP contribution in [0.15, 0.2) is 12.7 Å². The second-order valence-corrected chi connectivity index (χ2v) is 7.35. The van der Waals surface area contributed by atoms with E-state index in [9.17, 15) is 8.42 Å². The first-order chi connectivity index (χ1) is 8.89. The van der Waals surface area contributed by atoms with Gasteiger partial charge < -0.3 is 5.32 Å². The molecule has 0 heterocycles. The molecule has 0 unspecified atom stereocenters. The zero-order valence-electron chi connectivity index (χ0n) is 12.3. The highest BCUT2D eigenvalue weighted by molar-refractivity contribution is 7.86. The van der Waals surface area contributed by atoms with E-state index < -0.39 is 10.2 Å². The van der Waals surface area contributed by atoms with Gasteiger partial charge in [-0.05, 0) is 39.7 Å². The van der Waals surface area contributed by atoms with Gasteiger partial charge in [0.2, 0.25) is 0 Å². The summed E-state index contributed by atoms with van der Waals surface area (Å²) in [4.78, 5) is 0. The first-order valence-electron chi connectivity index (χ1n) is 6.97. The van der Waals surface area contributed by atoms with Crippen LogP contribution >= 0.6 is 0 Å². The molecule has 6 heteroatoms. The van der Waals surface area contributed by atoms with E-state index in [0.29, 0.717) is 19.1 Å². The molecule has 1 aliphatic carbocycles. The minimum Gasteiger partial charge on any atom is -0.314 e. The number of hydrogen-bond acceptors (Lipinski definition) is 3. The van der Waals surface area contributed by atoms with Crippen LogP contribution in [0.2, 0.25) is 0 Å². The standard InChI is InChI=1S/C13H27N3O2S/c1-5-10-16(12(2)3)19(17,18)15(4)11-6-9-14-13-7-8-13/h5,12-14H,1,6-11H2,2-4H3. The van der Waals surface area contributed by atoms with Crippen molar-refractivity contribution in [2.75, 3.05) is 26.7 Å². The van der Waals surface area contributed by atoms with Gasteiger partial charge in [-0.25, -0.2) is 0 Å². The highest BCUT2D eigenvalue weighted by Gasteiger charge is 2.28. The molecule has 112 valence electrons. The molecule has 0 amide bonds. The summed E-state index contributed by atoms with van der Waals surface area (Å²) in [6.45, 7) is 9.16. The van der Waals surface area contributed by atoms with Crippen LogP contribution in [0.3, 0.4) is 0 Å². The van der Waals surface area contributed by atoms with Crippen molar-refractivity contribution in [1.82, 2.24) is 13.9 Å². The molecule has 5 nitrogen and oxygen atoms in total. The number of nitrogens with zero attached hydrogens (tertiary/aromatic N) is 2. The SMILES string of the molecule is C=CCN(C(C)C)S(=O)(=O)N(C)CCCNC1CC1. The van der Waals surface area contributed by atoms with Gasteiger partial charge in [0, 0.05) is 32.2 Å². The lowest BCUT2D eigenvalue weighted by Gasteiger charge is -2.29. The maximum atomic E-state index is 12.4. The van der Waals surface area contributed by atoms with Gasteiger partial charge in [-0.3, -0.25) is 0 Å². The van der Waals surface area contributed by atoms with Gasteiger partial charge in [0.15, 0.2) is 0 Å². The summed E-state index contributed by atoms with van der Waals surface area (Å²) >= 11 is 0. The monoisotopic (exact) mass is 289 g/mol. The quantitative estimate of drug-likeness (QED) is 0.486. The van der Waals surface area contributed by atoms with Crippen LogP contribution in [0.4, 0.5) is 0 Å². The molecule has 0 aromatic carbocycles. The number of nitrogens with one attached hydrogen (secondary N) is 1. The van der Waals surface area contributed by atoms with Crippen LogP contribution in [-0.4, -0.2) is 55.8 Å². The molecule has 0 atom stereocenters. The van der Waals surface area contributed by atoms with Gasteiger partial charge in [0.25, 0.3) is 10.2 Å². The molecule has 0 bridgehead atoms. The highest BCUT2D eigenvalue weighted by atomic mass is 32.2. The largest absolute Gasteiger partial charge is 0.314 e. The third kappa shape index (κ3) is 5.22. The molecule has 0 aromatic heterocycles. The predicted octanol–water partition coefficient (Wildman–Crippen LogP) is 1.20. The molecule has 0 aliphatic heterocycles. The smallest absolute Gasteiger partial charge is 0.282 e. The Kier molecular flexibility index (Phi) is 6.46. The summed E-state index contributed by atoms with van der Waals surface area (Å²) in [5, 5.41) is 3.39. The zero-order chi connectivity index (χ0) is 14.5. The van der Waals surface area contributed by atoms with Gasteiger partial charge >= 0.3 is 0 Å². The van der Waals surface area contributed by atoms with Crippen LogP contribution in [0.1, 0.15) is 33.1 Å². The third-order valence-corrected chi connectivity index (χ3v) is 5.37. The van der Waals surface area contributed by atoms with Crippen molar-refractivity contribution in [3.05, 3.63) is 12.7 Å². The van der Waals surface area contributed by atoms with E-state index in [4.69, 9.17) is 0 Å². The maximum Gasteiger partial charge on any atom is 0.282 e. The van der Waals surface area contributed by atoms with Crippen LogP contribution in [0.5, 0.6) is 0 Å². The summed E-state index contributed by atoms with van der Waals surface area (Å²) in [7, 11) is -1.74. The minimum absolute atomic E-state index is 0.0601. The van der Waals surface area contributed by atoms with E-state index in [1.54, 1.807) is 13.1 Å². The molecule has 0 spiro atoms. The van der Waals surface area contributed by atoms with Crippen molar-refractivity contribution in [1.29, 1.82) is 0 Å². The van der Waals surface area contributed by atoms with E-state index in [1.807, 2.05) is 13.8 Å². The Labute approximate surface area is 117 Å². The van der Waals surface area contributed by atoms with E-state index >= 15 is 0 Å². The molecule has 1 saturated carbocycles. The van der Waals surface area contributed by atoms with Crippen LogP contribution in [0.25, 0.3) is 0 Å². The van der Waals surface area contributed by atoms with E-state index in [1.165, 1.54) is 21.5 Å². The van der Waals surface area contributed by atoms with Gasteiger partial charge in [0.1, 0.15) is 0 Å². The Morgan fingerprint density at radius 2 is 2.05 bits per heavy atom. The molecular weight excluding hydrogens is 262 g/mol. The van der Waals surface area contributed by atoms with Gasteiger partial charge in [0.05, 0.1) is 0 Å². The van der Waals surface area contributed by atoms with Gasteiger partial charge in [-0.15, -0.1) is 6.58 Å². The highest BCUT2D eigenvalue weighted by Crippen LogP contribution is 2.18. The fourth-order valence-electron chi connectivity index (χ4n) is 1.89. The Balaban J connectivity index is 2.45. The number of rotatable bonds is 10. The average molecular weight is 289 g/mol. The second-order valence-electron chi connectivity index (χ2n) is 5.36. The van der Waals surface area contributed by atoms with Crippen molar-refractivity contribution in [2.45, 2.75) is 45.2 Å². The van der Waals surface area contributed by atoms with Crippen LogP contribution in [-0.2, 0) is 10.2 Å². The predicted molar refractivity (Wildman–Crippen MR) is 79.2 cm³/mol. The lowest BCUT2D eigenvalue weighted by Crippen LogP contribution is -2.46. The normalized spacial score (nSPS) is 16.5. The first kappa shape index (κ1) is 16.6. The summed E-state index contributed by atoms with van der Waals surface area (Å²) < 4.78 is 27.7. The Hall–Kier alpha value is -0.430. The fraction of sp³-hybridized carbons (Fsp3) is 0.846. The molecule has 0 aromatic rings. The van der Waals surface area contributed by atoms with Crippen molar-refractivity contribution < 1.29 is 8.42 Å². The Morgan fingerprint density at radius 1 is 1.42 bits per heavy atom. The van der Waals surface area contributed by atoms with Gasteiger partial charge in [-0.2, -0.15) is 17.0 Å². The first-order valence-corrected chi connectivity index (χ1v) is 8.36. The molecule has 19 heavy (non-hydrogen) atoms. The minimum atomic E-state index is -3.38. The van der Waals surface area contributed by atoms with Crippen molar-refractivity contribution in [2.24, 2.45) is 0 Å². The van der Waals surface area contributed by atoms with Crippen LogP contribution in [0, 0.1) is 0 Å². The molecule has 1 rings (SSSR count).